The number of nitrogens with one attached hydrogen (secondary N) is 2. The smallest absolute Gasteiger partial charge is 0.251 e. The summed E-state index contributed by atoms with van der Waals surface area (Å²) in [5.74, 6) is 1.74. The summed E-state index contributed by atoms with van der Waals surface area (Å²) in [6.07, 6.45) is 9.99. The molecule has 1 aliphatic carbocycles. The molecule has 2 aliphatic heterocycles. The number of piperidine rings is 1. The fourth-order valence-corrected chi connectivity index (χ4v) is 5.97. The third kappa shape index (κ3) is 6.11. The van der Waals surface area contributed by atoms with E-state index in [-0.39, 0.29) is 17.9 Å². The lowest BCUT2D eigenvalue weighted by molar-refractivity contribution is -0.118. The lowest BCUT2D eigenvalue weighted by atomic mass is 9.94. The topological polar surface area (TPSA) is 103 Å². The number of rotatable bonds is 7. The standard InChI is InChI=1S/C29H41N7O3/c1-4-35-15-12-21(13-16-35)31-28(38)20-10-11-23(25(18-20)39-3)32-29-30-19-24-27(33-29)36(17-14-26(37)34(24)2)22-8-6-5-7-9-22/h10-11,18-19,21-22H,4-9,12-17H2,1-3H3,(H,31,38)(H,30,32,33). The molecule has 2 aromatic rings. The van der Waals surface area contributed by atoms with Crippen molar-refractivity contribution in [3.05, 3.63) is 30.0 Å². The Balaban J connectivity index is 1.34. The number of methoxy groups -OCH3 is 1. The van der Waals surface area contributed by atoms with E-state index in [4.69, 9.17) is 9.72 Å². The van der Waals surface area contributed by atoms with E-state index in [0.717, 1.165) is 56.8 Å². The van der Waals surface area contributed by atoms with Gasteiger partial charge in [0.15, 0.2) is 5.82 Å². The van der Waals surface area contributed by atoms with Gasteiger partial charge in [-0.25, -0.2) is 4.98 Å². The molecule has 1 aromatic heterocycles. The average Bonchev–Trinajstić information content (AvgIpc) is 3.09. The van der Waals surface area contributed by atoms with Crippen LogP contribution < -0.4 is 25.2 Å². The van der Waals surface area contributed by atoms with Crippen molar-refractivity contribution >= 4 is 35.0 Å². The Morgan fingerprint density at radius 2 is 1.87 bits per heavy atom. The van der Waals surface area contributed by atoms with Crippen LogP contribution in [0.2, 0.25) is 0 Å². The molecule has 1 saturated heterocycles. The number of carbonyl (C=O) groups is 2. The van der Waals surface area contributed by atoms with Crippen molar-refractivity contribution < 1.29 is 14.3 Å². The second-order valence-corrected chi connectivity index (χ2v) is 10.8. The Labute approximate surface area is 231 Å². The van der Waals surface area contributed by atoms with Crippen molar-refractivity contribution in [1.82, 2.24) is 20.2 Å². The van der Waals surface area contributed by atoms with E-state index in [1.54, 1.807) is 37.4 Å². The maximum absolute atomic E-state index is 13.0. The number of hydrogen-bond donors (Lipinski definition) is 2. The van der Waals surface area contributed by atoms with Crippen molar-refractivity contribution in [2.24, 2.45) is 0 Å². The predicted octanol–water partition coefficient (Wildman–Crippen LogP) is 3.95. The minimum atomic E-state index is -0.0908. The molecule has 39 heavy (non-hydrogen) atoms. The molecule has 0 unspecified atom stereocenters. The molecular weight excluding hydrogens is 494 g/mol. The Kier molecular flexibility index (Phi) is 8.50. The molecule has 5 rings (SSSR count). The van der Waals surface area contributed by atoms with Crippen LogP contribution in [0.4, 0.5) is 23.1 Å². The van der Waals surface area contributed by atoms with Crippen molar-refractivity contribution in [2.75, 3.05) is 55.5 Å². The minimum Gasteiger partial charge on any atom is -0.495 e. The number of fused-ring (bicyclic) bond motifs is 1. The molecule has 2 amide bonds. The zero-order valence-corrected chi connectivity index (χ0v) is 23.4. The summed E-state index contributed by atoms with van der Waals surface area (Å²) in [7, 11) is 3.38. The number of amides is 2. The monoisotopic (exact) mass is 535 g/mol. The van der Waals surface area contributed by atoms with Crippen LogP contribution in [0.5, 0.6) is 5.75 Å². The summed E-state index contributed by atoms with van der Waals surface area (Å²) in [6, 6.07) is 5.95. The van der Waals surface area contributed by atoms with Crippen molar-refractivity contribution in [3.63, 3.8) is 0 Å². The fraction of sp³-hybridized carbons (Fsp3) is 0.586. The van der Waals surface area contributed by atoms with Crippen LogP contribution in [0.25, 0.3) is 0 Å². The molecule has 1 aromatic carbocycles. The highest BCUT2D eigenvalue weighted by Gasteiger charge is 2.31. The van der Waals surface area contributed by atoms with Gasteiger partial charge in [0.1, 0.15) is 11.4 Å². The van der Waals surface area contributed by atoms with Gasteiger partial charge < -0.3 is 30.1 Å². The molecule has 2 N–H and O–H groups in total. The molecule has 0 bridgehead atoms. The van der Waals surface area contributed by atoms with Crippen molar-refractivity contribution in [3.8, 4) is 5.75 Å². The second kappa shape index (κ2) is 12.2. The van der Waals surface area contributed by atoms with Crippen LogP contribution in [0.15, 0.2) is 24.4 Å². The predicted molar refractivity (Wildman–Crippen MR) is 153 cm³/mol. The SMILES string of the molecule is CCN1CCC(NC(=O)c2ccc(Nc3ncc4c(n3)N(C3CCCCC3)CCC(=O)N4C)c(OC)c2)CC1. The van der Waals surface area contributed by atoms with Crippen molar-refractivity contribution in [1.29, 1.82) is 0 Å². The number of likely N-dealkylation sites (tertiary alicyclic amines) is 1. The third-order valence-electron chi connectivity index (χ3n) is 8.42. The largest absolute Gasteiger partial charge is 0.495 e. The maximum Gasteiger partial charge on any atom is 0.251 e. The number of carbonyl (C=O) groups excluding carboxylic acids is 2. The normalized spacial score (nSPS) is 19.4. The third-order valence-corrected chi connectivity index (χ3v) is 8.42. The summed E-state index contributed by atoms with van der Waals surface area (Å²) in [6.45, 7) is 5.90. The lowest BCUT2D eigenvalue weighted by Crippen LogP contribution is -2.44. The molecule has 10 nitrogen and oxygen atoms in total. The van der Waals surface area contributed by atoms with Crippen LogP contribution in [0.3, 0.4) is 0 Å². The van der Waals surface area contributed by atoms with Gasteiger partial charge in [-0.3, -0.25) is 9.59 Å². The summed E-state index contributed by atoms with van der Waals surface area (Å²) >= 11 is 0. The lowest BCUT2D eigenvalue weighted by Gasteiger charge is -2.35. The number of aromatic nitrogens is 2. The van der Waals surface area contributed by atoms with Crippen LogP contribution in [0, 0.1) is 0 Å². The highest BCUT2D eigenvalue weighted by atomic mass is 16.5. The van der Waals surface area contributed by atoms with Gasteiger partial charge in [0.2, 0.25) is 11.9 Å². The number of benzene rings is 1. The molecule has 2 fully saturated rings. The first-order valence-electron chi connectivity index (χ1n) is 14.3. The van der Waals surface area contributed by atoms with Gasteiger partial charge in [0.05, 0.1) is 19.0 Å². The van der Waals surface area contributed by atoms with E-state index in [9.17, 15) is 9.59 Å². The molecule has 10 heteroatoms. The minimum absolute atomic E-state index is 0.0744. The van der Waals surface area contributed by atoms with E-state index in [2.05, 4.69) is 32.3 Å². The summed E-state index contributed by atoms with van der Waals surface area (Å²) < 4.78 is 5.64. The number of nitrogens with zero attached hydrogens (tertiary/aromatic N) is 5. The molecule has 0 atom stereocenters. The van der Waals surface area contributed by atoms with Crippen LogP contribution in [0.1, 0.15) is 68.6 Å². The van der Waals surface area contributed by atoms with E-state index in [0.29, 0.717) is 42.0 Å². The van der Waals surface area contributed by atoms with E-state index in [1.165, 1.54) is 19.3 Å². The summed E-state index contributed by atoms with van der Waals surface area (Å²) in [5, 5.41) is 6.47. The van der Waals surface area contributed by atoms with E-state index >= 15 is 0 Å². The Hall–Kier alpha value is -3.40. The van der Waals surface area contributed by atoms with E-state index < -0.39 is 0 Å². The highest BCUT2D eigenvalue weighted by molar-refractivity contribution is 5.97. The van der Waals surface area contributed by atoms with Gasteiger partial charge in [-0.15, -0.1) is 0 Å². The summed E-state index contributed by atoms with van der Waals surface area (Å²) in [5.41, 5.74) is 1.96. The average molecular weight is 536 g/mol. The number of anilines is 4. The second-order valence-electron chi connectivity index (χ2n) is 10.8. The zero-order chi connectivity index (χ0) is 27.4. The molecule has 1 saturated carbocycles. The van der Waals surface area contributed by atoms with Gasteiger partial charge in [-0.2, -0.15) is 4.98 Å². The molecule has 0 spiro atoms. The molecule has 3 aliphatic rings. The molecule has 210 valence electrons. The van der Waals surface area contributed by atoms with E-state index in [1.807, 2.05) is 6.07 Å². The first kappa shape index (κ1) is 27.2. The van der Waals surface area contributed by atoms with Gasteiger partial charge in [-0.1, -0.05) is 26.2 Å². The van der Waals surface area contributed by atoms with Crippen LogP contribution in [-0.4, -0.2) is 79.1 Å². The fourth-order valence-electron chi connectivity index (χ4n) is 5.97. The first-order chi connectivity index (χ1) is 19.0. The van der Waals surface area contributed by atoms with Gasteiger partial charge >= 0.3 is 0 Å². The van der Waals surface area contributed by atoms with Gasteiger partial charge in [0.25, 0.3) is 5.91 Å². The zero-order valence-electron chi connectivity index (χ0n) is 23.4. The maximum atomic E-state index is 13.0. The van der Waals surface area contributed by atoms with Gasteiger partial charge in [-0.05, 0) is 50.4 Å². The molecule has 3 heterocycles. The van der Waals surface area contributed by atoms with Gasteiger partial charge in [0, 0.05) is 50.7 Å². The Bertz CT molecular complexity index is 1180. The quantitative estimate of drug-likeness (QED) is 0.550. The first-order valence-corrected chi connectivity index (χ1v) is 14.3. The molecule has 0 radical (unpaired) electrons. The van der Waals surface area contributed by atoms with Crippen molar-refractivity contribution in [2.45, 2.75) is 70.4 Å². The molecular formula is C29H41N7O3. The van der Waals surface area contributed by atoms with Crippen LogP contribution >= 0.6 is 0 Å². The van der Waals surface area contributed by atoms with Crippen LogP contribution in [-0.2, 0) is 4.79 Å². The summed E-state index contributed by atoms with van der Waals surface area (Å²) in [4.78, 5) is 41.5. The Morgan fingerprint density at radius 1 is 1.10 bits per heavy atom. The number of ether oxygens (including phenoxy) is 1. The highest BCUT2D eigenvalue weighted by Crippen LogP contribution is 2.36. The number of hydrogen-bond acceptors (Lipinski definition) is 8. The Morgan fingerprint density at radius 3 is 2.59 bits per heavy atom.